The summed E-state index contributed by atoms with van der Waals surface area (Å²) in [4.78, 5) is 24.8. The second-order valence-electron chi connectivity index (χ2n) is 6.36. The van der Waals surface area contributed by atoms with Gasteiger partial charge in [0, 0.05) is 16.9 Å². The number of urea groups is 1. The Bertz CT molecular complexity index is 921. The fraction of sp³-hybridized carbons (Fsp3) is 0.200. The Kier molecular flexibility index (Phi) is 4.75. The van der Waals surface area contributed by atoms with E-state index >= 15 is 0 Å². The van der Waals surface area contributed by atoms with E-state index < -0.39 is 23.8 Å². The smallest absolute Gasteiger partial charge is 0.319 e. The van der Waals surface area contributed by atoms with E-state index in [2.05, 4.69) is 16.0 Å². The Morgan fingerprint density at radius 1 is 1.12 bits per heavy atom. The highest BCUT2D eigenvalue weighted by molar-refractivity contribution is 6.07. The van der Waals surface area contributed by atoms with Crippen molar-refractivity contribution < 1.29 is 14.0 Å². The third kappa shape index (κ3) is 3.44. The molecule has 0 spiro atoms. The van der Waals surface area contributed by atoms with Crippen LogP contribution in [-0.2, 0) is 4.79 Å². The van der Waals surface area contributed by atoms with Gasteiger partial charge in [0.1, 0.15) is 5.82 Å². The fourth-order valence-electron chi connectivity index (χ4n) is 3.08. The lowest BCUT2D eigenvalue weighted by Crippen LogP contribution is -2.46. The van der Waals surface area contributed by atoms with E-state index in [4.69, 9.17) is 0 Å². The van der Waals surface area contributed by atoms with Crippen LogP contribution in [-0.4, -0.2) is 11.9 Å². The Morgan fingerprint density at radius 2 is 1.85 bits per heavy atom. The van der Waals surface area contributed by atoms with Crippen molar-refractivity contribution in [3.05, 3.63) is 76.2 Å². The molecule has 2 aromatic rings. The van der Waals surface area contributed by atoms with Crippen LogP contribution in [0.4, 0.5) is 14.9 Å². The maximum Gasteiger partial charge on any atom is 0.319 e. The van der Waals surface area contributed by atoms with E-state index in [0.717, 1.165) is 11.1 Å². The van der Waals surface area contributed by atoms with Gasteiger partial charge in [-0.25, -0.2) is 9.18 Å². The number of carbonyl (C=O) groups excluding carboxylic acids is 2. The number of amides is 3. The lowest BCUT2D eigenvalue weighted by atomic mass is 9.94. The van der Waals surface area contributed by atoms with Crippen LogP contribution in [0.15, 0.2) is 53.7 Å². The van der Waals surface area contributed by atoms with Crippen molar-refractivity contribution in [1.82, 2.24) is 10.6 Å². The minimum absolute atomic E-state index is 0.243. The Labute approximate surface area is 151 Å². The summed E-state index contributed by atoms with van der Waals surface area (Å²) in [6.45, 7) is 5.50. The summed E-state index contributed by atoms with van der Waals surface area (Å²) in [6, 6.07) is 10.4. The van der Waals surface area contributed by atoms with Gasteiger partial charge in [-0.3, -0.25) is 4.79 Å². The van der Waals surface area contributed by atoms with Crippen LogP contribution in [0.5, 0.6) is 0 Å². The van der Waals surface area contributed by atoms with Crippen molar-refractivity contribution >= 4 is 17.6 Å². The van der Waals surface area contributed by atoms with Crippen LogP contribution >= 0.6 is 0 Å². The van der Waals surface area contributed by atoms with E-state index in [1.165, 1.54) is 6.07 Å². The summed E-state index contributed by atoms with van der Waals surface area (Å²) < 4.78 is 14.3. The van der Waals surface area contributed by atoms with Crippen LogP contribution in [0, 0.1) is 19.7 Å². The van der Waals surface area contributed by atoms with Gasteiger partial charge in [-0.2, -0.15) is 0 Å². The highest BCUT2D eigenvalue weighted by atomic mass is 19.1. The van der Waals surface area contributed by atoms with Gasteiger partial charge in [0.2, 0.25) is 0 Å². The molecular formula is C20H20FN3O2. The Hall–Kier alpha value is -3.15. The SMILES string of the molecule is CC1=C(C(=O)Nc2ccc(C)cc2C)[C@@H](c2ccccc2F)NC(=O)N1. The first-order chi connectivity index (χ1) is 12.4. The molecule has 1 aliphatic heterocycles. The molecule has 0 radical (unpaired) electrons. The third-order valence-electron chi connectivity index (χ3n) is 4.36. The Morgan fingerprint density at radius 3 is 2.54 bits per heavy atom. The third-order valence-corrected chi connectivity index (χ3v) is 4.36. The topological polar surface area (TPSA) is 70.2 Å². The zero-order valence-corrected chi connectivity index (χ0v) is 14.8. The monoisotopic (exact) mass is 353 g/mol. The highest BCUT2D eigenvalue weighted by Crippen LogP contribution is 2.29. The van der Waals surface area contributed by atoms with Crippen molar-refractivity contribution in [3.8, 4) is 0 Å². The second kappa shape index (κ2) is 7.00. The summed E-state index contributed by atoms with van der Waals surface area (Å²) in [5, 5.41) is 8.08. The summed E-state index contributed by atoms with van der Waals surface area (Å²) in [7, 11) is 0. The van der Waals surface area contributed by atoms with Crippen molar-refractivity contribution in [2.24, 2.45) is 0 Å². The summed E-state index contributed by atoms with van der Waals surface area (Å²) in [5.41, 5.74) is 3.59. The normalized spacial score (nSPS) is 16.8. The van der Waals surface area contributed by atoms with Gasteiger partial charge in [-0.05, 0) is 38.5 Å². The number of allylic oxidation sites excluding steroid dienone is 1. The molecule has 0 aromatic heterocycles. The molecule has 0 bridgehead atoms. The summed E-state index contributed by atoms with van der Waals surface area (Å²) >= 11 is 0. The largest absolute Gasteiger partial charge is 0.327 e. The number of hydrogen-bond acceptors (Lipinski definition) is 2. The van der Waals surface area contributed by atoms with Crippen molar-refractivity contribution in [2.75, 3.05) is 5.32 Å². The second-order valence-corrected chi connectivity index (χ2v) is 6.36. The van der Waals surface area contributed by atoms with Crippen molar-refractivity contribution in [3.63, 3.8) is 0 Å². The fourth-order valence-corrected chi connectivity index (χ4v) is 3.08. The molecule has 3 N–H and O–H groups in total. The lowest BCUT2D eigenvalue weighted by Gasteiger charge is -2.29. The average Bonchev–Trinajstić information content (AvgIpc) is 2.57. The van der Waals surface area contributed by atoms with E-state index in [9.17, 15) is 14.0 Å². The number of carbonyl (C=O) groups is 2. The zero-order chi connectivity index (χ0) is 18.8. The predicted octanol–water partition coefficient (Wildman–Crippen LogP) is 3.71. The molecule has 1 aliphatic rings. The minimum atomic E-state index is -0.865. The summed E-state index contributed by atoms with van der Waals surface area (Å²) in [5.74, 6) is -0.875. The predicted molar refractivity (Wildman–Crippen MR) is 98.1 cm³/mol. The molecule has 1 atom stereocenters. The molecule has 0 fully saturated rings. The van der Waals surface area contributed by atoms with E-state index in [1.54, 1.807) is 25.1 Å². The number of aryl methyl sites for hydroxylation is 2. The van der Waals surface area contributed by atoms with Gasteiger partial charge in [0.25, 0.3) is 5.91 Å². The van der Waals surface area contributed by atoms with Crippen LogP contribution in [0.1, 0.15) is 29.7 Å². The molecule has 0 unspecified atom stereocenters. The molecular weight excluding hydrogens is 333 g/mol. The first kappa shape index (κ1) is 17.7. The van der Waals surface area contributed by atoms with Gasteiger partial charge in [-0.1, -0.05) is 35.9 Å². The Balaban J connectivity index is 1.98. The number of halogens is 1. The van der Waals surface area contributed by atoms with Crippen molar-refractivity contribution in [2.45, 2.75) is 26.8 Å². The number of hydrogen-bond donors (Lipinski definition) is 3. The van der Waals surface area contributed by atoms with Crippen LogP contribution in [0.25, 0.3) is 0 Å². The number of anilines is 1. The molecule has 0 saturated carbocycles. The number of rotatable bonds is 3. The van der Waals surface area contributed by atoms with Crippen molar-refractivity contribution in [1.29, 1.82) is 0 Å². The summed E-state index contributed by atoms with van der Waals surface area (Å²) in [6.07, 6.45) is 0. The van der Waals surface area contributed by atoms with Crippen LogP contribution < -0.4 is 16.0 Å². The molecule has 1 heterocycles. The maximum atomic E-state index is 14.3. The van der Waals surface area contributed by atoms with E-state index in [1.807, 2.05) is 32.0 Å². The number of nitrogens with one attached hydrogen (secondary N) is 3. The highest BCUT2D eigenvalue weighted by Gasteiger charge is 2.32. The molecule has 0 saturated heterocycles. The first-order valence-corrected chi connectivity index (χ1v) is 8.28. The van der Waals surface area contributed by atoms with Gasteiger partial charge < -0.3 is 16.0 Å². The molecule has 6 heteroatoms. The zero-order valence-electron chi connectivity index (χ0n) is 14.8. The minimum Gasteiger partial charge on any atom is -0.327 e. The first-order valence-electron chi connectivity index (χ1n) is 8.28. The number of benzene rings is 2. The molecule has 5 nitrogen and oxygen atoms in total. The van der Waals surface area contributed by atoms with Gasteiger partial charge in [0.15, 0.2) is 0 Å². The molecule has 3 amide bonds. The molecule has 2 aromatic carbocycles. The van der Waals surface area contributed by atoms with Crippen LogP contribution in [0.3, 0.4) is 0 Å². The van der Waals surface area contributed by atoms with Crippen LogP contribution in [0.2, 0.25) is 0 Å². The standard InChI is InChI=1S/C20H20FN3O2/c1-11-8-9-16(12(2)10-11)23-19(25)17-13(3)22-20(26)24-18(17)14-6-4-5-7-15(14)21/h4-10,18H,1-3H3,(H,23,25)(H2,22,24,26)/t18-/m1/s1. The van der Waals surface area contributed by atoms with Gasteiger partial charge in [-0.15, -0.1) is 0 Å². The lowest BCUT2D eigenvalue weighted by molar-refractivity contribution is -0.113. The molecule has 134 valence electrons. The quantitative estimate of drug-likeness (QED) is 0.787. The molecule has 3 rings (SSSR count). The van der Waals surface area contributed by atoms with Gasteiger partial charge in [0.05, 0.1) is 11.6 Å². The molecule has 26 heavy (non-hydrogen) atoms. The molecule has 0 aliphatic carbocycles. The average molecular weight is 353 g/mol. The van der Waals surface area contributed by atoms with E-state index in [0.29, 0.717) is 11.4 Å². The maximum absolute atomic E-state index is 14.3. The van der Waals surface area contributed by atoms with Gasteiger partial charge >= 0.3 is 6.03 Å². The van der Waals surface area contributed by atoms with E-state index in [-0.39, 0.29) is 11.1 Å².